The molecule has 0 heterocycles. The standard InChI is InChI=1S/C15H28O/c1-6-9-14(16)12-13(3)10-8-11-15(4,5)7-2/h13-14,16H,7-8,10-12H2,1-5H3. The third-order valence-corrected chi connectivity index (χ3v) is 3.44. The lowest BCUT2D eigenvalue weighted by molar-refractivity contribution is 0.192. The Morgan fingerprint density at radius 2 is 1.94 bits per heavy atom. The van der Waals surface area contributed by atoms with Gasteiger partial charge in [-0.3, -0.25) is 0 Å². The Labute approximate surface area is 102 Å². The normalized spacial score (nSPS) is 15.1. The molecule has 0 aliphatic heterocycles. The van der Waals surface area contributed by atoms with Crippen LogP contribution in [0.2, 0.25) is 0 Å². The Kier molecular flexibility index (Phi) is 7.51. The van der Waals surface area contributed by atoms with Gasteiger partial charge in [-0.05, 0) is 31.1 Å². The molecule has 0 saturated heterocycles. The summed E-state index contributed by atoms with van der Waals surface area (Å²) in [5.74, 6) is 6.13. The van der Waals surface area contributed by atoms with Crippen LogP contribution in [0.4, 0.5) is 0 Å². The van der Waals surface area contributed by atoms with E-state index in [1.165, 1.54) is 25.7 Å². The maximum atomic E-state index is 9.55. The fourth-order valence-corrected chi connectivity index (χ4v) is 1.83. The molecule has 0 radical (unpaired) electrons. The smallest absolute Gasteiger partial charge is 0.115 e. The Morgan fingerprint density at radius 1 is 1.31 bits per heavy atom. The molecule has 0 aliphatic rings. The molecule has 0 aromatic heterocycles. The molecule has 0 amide bonds. The van der Waals surface area contributed by atoms with Gasteiger partial charge >= 0.3 is 0 Å². The first-order valence-corrected chi connectivity index (χ1v) is 6.51. The van der Waals surface area contributed by atoms with Gasteiger partial charge in [0.05, 0.1) is 0 Å². The first-order valence-electron chi connectivity index (χ1n) is 6.51. The van der Waals surface area contributed by atoms with Crippen molar-refractivity contribution in [2.45, 2.75) is 72.8 Å². The van der Waals surface area contributed by atoms with E-state index in [-0.39, 0.29) is 0 Å². The molecule has 0 bridgehead atoms. The molecule has 0 spiro atoms. The average Bonchev–Trinajstić information content (AvgIpc) is 2.17. The summed E-state index contributed by atoms with van der Waals surface area (Å²) < 4.78 is 0. The third kappa shape index (κ3) is 7.77. The van der Waals surface area contributed by atoms with Crippen molar-refractivity contribution in [2.75, 3.05) is 0 Å². The van der Waals surface area contributed by atoms with E-state index in [1.807, 2.05) is 0 Å². The minimum atomic E-state index is -0.431. The van der Waals surface area contributed by atoms with Crippen LogP contribution in [-0.2, 0) is 0 Å². The SMILES string of the molecule is CC#CC(O)CC(C)CCCC(C)(C)CC. The highest BCUT2D eigenvalue weighted by atomic mass is 16.3. The van der Waals surface area contributed by atoms with Gasteiger partial charge in [-0.2, -0.15) is 0 Å². The van der Waals surface area contributed by atoms with Crippen LogP contribution in [0, 0.1) is 23.2 Å². The summed E-state index contributed by atoms with van der Waals surface area (Å²) in [6.45, 7) is 10.9. The number of hydrogen-bond acceptors (Lipinski definition) is 1. The Bertz CT molecular complexity index is 232. The molecule has 1 heteroatoms. The molecule has 0 saturated carbocycles. The average molecular weight is 224 g/mol. The van der Waals surface area contributed by atoms with Crippen molar-refractivity contribution >= 4 is 0 Å². The second-order valence-corrected chi connectivity index (χ2v) is 5.66. The summed E-state index contributed by atoms with van der Waals surface area (Å²) in [7, 11) is 0. The zero-order chi connectivity index (χ0) is 12.6. The monoisotopic (exact) mass is 224 g/mol. The van der Waals surface area contributed by atoms with Crippen molar-refractivity contribution in [3.8, 4) is 11.8 Å². The Balaban J connectivity index is 3.72. The lowest BCUT2D eigenvalue weighted by Crippen LogP contribution is -2.12. The van der Waals surface area contributed by atoms with Gasteiger partial charge < -0.3 is 5.11 Å². The van der Waals surface area contributed by atoms with Crippen molar-refractivity contribution in [1.29, 1.82) is 0 Å². The number of hydrogen-bond donors (Lipinski definition) is 1. The van der Waals surface area contributed by atoms with Crippen LogP contribution in [0.15, 0.2) is 0 Å². The molecule has 94 valence electrons. The van der Waals surface area contributed by atoms with E-state index < -0.39 is 6.10 Å². The first-order chi connectivity index (χ1) is 7.41. The quantitative estimate of drug-likeness (QED) is 0.648. The molecule has 2 unspecified atom stereocenters. The minimum absolute atomic E-state index is 0.431. The van der Waals surface area contributed by atoms with Gasteiger partial charge in [0.2, 0.25) is 0 Å². The van der Waals surface area contributed by atoms with Crippen molar-refractivity contribution in [3.63, 3.8) is 0 Å². The predicted molar refractivity (Wildman–Crippen MR) is 71.2 cm³/mol. The van der Waals surface area contributed by atoms with Crippen molar-refractivity contribution in [2.24, 2.45) is 11.3 Å². The van der Waals surface area contributed by atoms with Gasteiger partial charge in [-0.15, -0.1) is 5.92 Å². The zero-order valence-electron chi connectivity index (χ0n) is 11.6. The topological polar surface area (TPSA) is 20.2 Å². The molecule has 0 aromatic carbocycles. The highest BCUT2D eigenvalue weighted by molar-refractivity contribution is 5.01. The fourth-order valence-electron chi connectivity index (χ4n) is 1.83. The highest BCUT2D eigenvalue weighted by Gasteiger charge is 2.15. The van der Waals surface area contributed by atoms with Gasteiger partial charge in [0, 0.05) is 0 Å². The summed E-state index contributed by atoms with van der Waals surface area (Å²) in [5, 5.41) is 9.55. The van der Waals surface area contributed by atoms with E-state index in [0.717, 1.165) is 6.42 Å². The van der Waals surface area contributed by atoms with Crippen LogP contribution in [0.5, 0.6) is 0 Å². The van der Waals surface area contributed by atoms with Crippen LogP contribution < -0.4 is 0 Å². The van der Waals surface area contributed by atoms with E-state index in [2.05, 4.69) is 39.5 Å². The molecule has 0 rings (SSSR count). The van der Waals surface area contributed by atoms with Crippen molar-refractivity contribution < 1.29 is 5.11 Å². The molecule has 0 aliphatic carbocycles. The molecule has 0 fully saturated rings. The van der Waals surface area contributed by atoms with Crippen LogP contribution in [-0.4, -0.2) is 11.2 Å². The summed E-state index contributed by atoms with van der Waals surface area (Å²) in [5.41, 5.74) is 0.474. The van der Waals surface area contributed by atoms with Crippen molar-refractivity contribution in [3.05, 3.63) is 0 Å². The summed E-state index contributed by atoms with van der Waals surface area (Å²) in [4.78, 5) is 0. The lowest BCUT2D eigenvalue weighted by Gasteiger charge is -2.23. The van der Waals surface area contributed by atoms with E-state index >= 15 is 0 Å². The van der Waals surface area contributed by atoms with Crippen LogP contribution in [0.3, 0.4) is 0 Å². The van der Waals surface area contributed by atoms with Crippen molar-refractivity contribution in [1.82, 2.24) is 0 Å². The van der Waals surface area contributed by atoms with Gasteiger partial charge in [0.15, 0.2) is 0 Å². The minimum Gasteiger partial charge on any atom is -0.380 e. The Morgan fingerprint density at radius 3 is 2.44 bits per heavy atom. The van der Waals surface area contributed by atoms with Gasteiger partial charge in [-0.1, -0.05) is 52.9 Å². The molecule has 1 N–H and O–H groups in total. The number of aliphatic hydroxyl groups excluding tert-OH is 1. The molecule has 1 nitrogen and oxygen atoms in total. The number of rotatable bonds is 7. The molecule has 0 aromatic rings. The second-order valence-electron chi connectivity index (χ2n) is 5.66. The summed E-state index contributed by atoms with van der Waals surface area (Å²) >= 11 is 0. The van der Waals surface area contributed by atoms with Crippen LogP contribution >= 0.6 is 0 Å². The molecular formula is C15H28O. The Hall–Kier alpha value is -0.480. The van der Waals surface area contributed by atoms with Crippen LogP contribution in [0.1, 0.15) is 66.7 Å². The third-order valence-electron chi connectivity index (χ3n) is 3.44. The fraction of sp³-hybridized carbons (Fsp3) is 0.867. The second kappa shape index (κ2) is 7.74. The maximum absolute atomic E-state index is 9.55. The van der Waals surface area contributed by atoms with Gasteiger partial charge in [0.25, 0.3) is 0 Å². The van der Waals surface area contributed by atoms with E-state index in [1.54, 1.807) is 6.92 Å². The lowest BCUT2D eigenvalue weighted by atomic mass is 9.83. The summed E-state index contributed by atoms with van der Waals surface area (Å²) in [6.07, 6.45) is 5.36. The molecule has 16 heavy (non-hydrogen) atoms. The van der Waals surface area contributed by atoms with E-state index in [0.29, 0.717) is 11.3 Å². The first kappa shape index (κ1) is 15.5. The largest absolute Gasteiger partial charge is 0.380 e. The zero-order valence-corrected chi connectivity index (χ0v) is 11.6. The van der Waals surface area contributed by atoms with Crippen LogP contribution in [0.25, 0.3) is 0 Å². The number of aliphatic hydroxyl groups is 1. The van der Waals surface area contributed by atoms with E-state index in [9.17, 15) is 5.11 Å². The maximum Gasteiger partial charge on any atom is 0.115 e. The molecular weight excluding hydrogens is 196 g/mol. The molecule has 2 atom stereocenters. The summed E-state index contributed by atoms with van der Waals surface area (Å²) in [6, 6.07) is 0. The highest BCUT2D eigenvalue weighted by Crippen LogP contribution is 2.28. The van der Waals surface area contributed by atoms with E-state index in [4.69, 9.17) is 0 Å². The predicted octanol–water partition coefficient (Wildman–Crippen LogP) is 4.00. The van der Waals surface area contributed by atoms with Gasteiger partial charge in [-0.25, -0.2) is 0 Å². The van der Waals surface area contributed by atoms with Gasteiger partial charge in [0.1, 0.15) is 6.10 Å².